The number of hydrogen-bond acceptors (Lipinski definition) is 4. The zero-order valence-corrected chi connectivity index (χ0v) is 13.1. The topological polar surface area (TPSA) is 65.1 Å². The Morgan fingerprint density at radius 2 is 2.00 bits per heavy atom. The maximum Gasteiger partial charge on any atom is 0.170 e. The largest absolute Gasteiger partial charge is 0.409 e. The van der Waals surface area contributed by atoms with Crippen LogP contribution in [0.2, 0.25) is 5.02 Å². The van der Waals surface area contributed by atoms with Crippen molar-refractivity contribution in [2.24, 2.45) is 10.9 Å². The minimum Gasteiger partial charge on any atom is -0.409 e. The SMILES string of the molecule is CCCN(CCN(C)C)c1ccc(C(N)=NO)cc1Cl. The molecule has 5 nitrogen and oxygen atoms in total. The van der Waals surface area contributed by atoms with E-state index in [9.17, 15) is 0 Å². The maximum atomic E-state index is 8.69. The van der Waals surface area contributed by atoms with E-state index >= 15 is 0 Å². The molecule has 0 aliphatic heterocycles. The van der Waals surface area contributed by atoms with E-state index < -0.39 is 0 Å². The highest BCUT2D eigenvalue weighted by Gasteiger charge is 2.11. The van der Waals surface area contributed by atoms with Gasteiger partial charge in [-0.3, -0.25) is 0 Å². The lowest BCUT2D eigenvalue weighted by atomic mass is 10.1. The number of nitrogens with two attached hydrogens (primary N) is 1. The molecule has 3 N–H and O–H groups in total. The molecule has 0 bridgehead atoms. The third-order valence-corrected chi connectivity index (χ3v) is 3.31. The van der Waals surface area contributed by atoms with Crippen LogP contribution in [-0.4, -0.2) is 49.7 Å². The highest BCUT2D eigenvalue weighted by atomic mass is 35.5. The van der Waals surface area contributed by atoms with Crippen LogP contribution in [0.15, 0.2) is 23.4 Å². The Hall–Kier alpha value is -1.46. The molecule has 0 aliphatic carbocycles. The smallest absolute Gasteiger partial charge is 0.170 e. The van der Waals surface area contributed by atoms with Crippen molar-refractivity contribution in [3.8, 4) is 0 Å². The van der Waals surface area contributed by atoms with Gasteiger partial charge in [0.1, 0.15) is 0 Å². The van der Waals surface area contributed by atoms with E-state index in [0.717, 1.165) is 31.7 Å². The van der Waals surface area contributed by atoms with Gasteiger partial charge in [0.05, 0.1) is 10.7 Å². The van der Waals surface area contributed by atoms with Crippen molar-refractivity contribution < 1.29 is 5.21 Å². The number of benzene rings is 1. The number of hydrogen-bond donors (Lipinski definition) is 2. The molecule has 1 aromatic carbocycles. The van der Waals surface area contributed by atoms with Crippen LogP contribution < -0.4 is 10.6 Å². The first-order valence-corrected chi connectivity index (χ1v) is 7.04. The predicted molar refractivity (Wildman–Crippen MR) is 85.0 cm³/mol. The van der Waals surface area contributed by atoms with Crippen LogP contribution in [0.5, 0.6) is 0 Å². The second-order valence-corrected chi connectivity index (χ2v) is 5.35. The molecule has 0 aromatic heterocycles. The molecule has 1 aromatic rings. The molecule has 112 valence electrons. The molecule has 0 aliphatic rings. The summed E-state index contributed by atoms with van der Waals surface area (Å²) in [6, 6.07) is 5.46. The minimum atomic E-state index is 0.0637. The quantitative estimate of drug-likeness (QED) is 0.351. The standard InChI is InChI=1S/C14H23ClN4O/c1-4-7-19(9-8-18(2)3)13-6-5-11(10-12(13)15)14(16)17-20/h5-6,10,20H,4,7-9H2,1-3H3,(H2,16,17). The highest BCUT2D eigenvalue weighted by molar-refractivity contribution is 6.33. The Balaban J connectivity index is 2.96. The number of anilines is 1. The fourth-order valence-corrected chi connectivity index (χ4v) is 2.22. The van der Waals surface area contributed by atoms with E-state index in [1.54, 1.807) is 6.07 Å². The van der Waals surface area contributed by atoms with E-state index in [4.69, 9.17) is 22.5 Å². The molecular weight excluding hydrogens is 276 g/mol. The third kappa shape index (κ3) is 4.58. The molecule has 0 atom stereocenters. The number of oxime groups is 1. The van der Waals surface area contributed by atoms with E-state index in [1.165, 1.54) is 0 Å². The average molecular weight is 299 g/mol. The lowest BCUT2D eigenvalue weighted by molar-refractivity contribution is 0.318. The summed E-state index contributed by atoms with van der Waals surface area (Å²) in [4.78, 5) is 4.39. The summed E-state index contributed by atoms with van der Waals surface area (Å²) >= 11 is 6.33. The van der Waals surface area contributed by atoms with Gasteiger partial charge in [0, 0.05) is 25.2 Å². The lowest BCUT2D eigenvalue weighted by Gasteiger charge is -2.27. The first kappa shape index (κ1) is 16.6. The Kier molecular flexibility index (Phi) is 6.61. The van der Waals surface area contributed by atoms with Crippen LogP contribution in [-0.2, 0) is 0 Å². The van der Waals surface area contributed by atoms with Gasteiger partial charge in [0.2, 0.25) is 0 Å². The van der Waals surface area contributed by atoms with Crippen molar-refractivity contribution >= 4 is 23.1 Å². The summed E-state index contributed by atoms with van der Waals surface area (Å²) in [5.41, 5.74) is 7.16. The van der Waals surface area contributed by atoms with Gasteiger partial charge < -0.3 is 20.7 Å². The van der Waals surface area contributed by atoms with Crippen LogP contribution in [0.4, 0.5) is 5.69 Å². The van der Waals surface area contributed by atoms with Crippen LogP contribution in [0, 0.1) is 0 Å². The summed E-state index contributed by atoms with van der Waals surface area (Å²) in [5.74, 6) is 0.0637. The zero-order chi connectivity index (χ0) is 15.1. The fraction of sp³-hybridized carbons (Fsp3) is 0.500. The second kappa shape index (κ2) is 7.97. The molecule has 0 spiro atoms. The highest BCUT2D eigenvalue weighted by Crippen LogP contribution is 2.27. The molecule has 6 heteroatoms. The van der Waals surface area contributed by atoms with Crippen molar-refractivity contribution in [2.75, 3.05) is 38.6 Å². The van der Waals surface area contributed by atoms with E-state index in [2.05, 4.69) is 21.9 Å². The third-order valence-electron chi connectivity index (χ3n) is 3.00. The van der Waals surface area contributed by atoms with Crippen molar-refractivity contribution in [1.29, 1.82) is 0 Å². The van der Waals surface area contributed by atoms with Gasteiger partial charge in [0.15, 0.2) is 5.84 Å². The maximum absolute atomic E-state index is 8.69. The van der Waals surface area contributed by atoms with E-state index in [0.29, 0.717) is 10.6 Å². The van der Waals surface area contributed by atoms with Gasteiger partial charge >= 0.3 is 0 Å². The summed E-state index contributed by atoms with van der Waals surface area (Å²) in [7, 11) is 4.10. The van der Waals surface area contributed by atoms with Crippen molar-refractivity contribution in [1.82, 2.24) is 4.90 Å². The van der Waals surface area contributed by atoms with Crippen molar-refractivity contribution in [2.45, 2.75) is 13.3 Å². The molecule has 0 amide bonds. The minimum absolute atomic E-state index is 0.0637. The number of amidine groups is 1. The molecule has 0 saturated heterocycles. The molecule has 0 saturated carbocycles. The summed E-state index contributed by atoms with van der Waals surface area (Å²) in [6.07, 6.45) is 1.05. The van der Waals surface area contributed by atoms with Gasteiger partial charge in [-0.1, -0.05) is 23.7 Å². The number of likely N-dealkylation sites (N-methyl/N-ethyl adjacent to an activating group) is 1. The summed E-state index contributed by atoms with van der Waals surface area (Å²) in [6.45, 7) is 4.94. The van der Waals surface area contributed by atoms with E-state index in [-0.39, 0.29) is 5.84 Å². The molecule has 0 unspecified atom stereocenters. The molecule has 0 radical (unpaired) electrons. The van der Waals surface area contributed by atoms with Crippen LogP contribution in [0.3, 0.4) is 0 Å². The van der Waals surface area contributed by atoms with Crippen LogP contribution in [0.1, 0.15) is 18.9 Å². The average Bonchev–Trinajstić information content (AvgIpc) is 2.42. The zero-order valence-electron chi connectivity index (χ0n) is 12.3. The number of halogens is 1. The molecular formula is C14H23ClN4O. The first-order chi connectivity index (χ1) is 9.49. The molecule has 0 fully saturated rings. The number of nitrogens with zero attached hydrogens (tertiary/aromatic N) is 3. The van der Waals surface area contributed by atoms with Gasteiger partial charge in [-0.15, -0.1) is 0 Å². The first-order valence-electron chi connectivity index (χ1n) is 6.66. The Bertz CT molecular complexity index is 462. The summed E-state index contributed by atoms with van der Waals surface area (Å²) in [5, 5.41) is 12.3. The van der Waals surface area contributed by atoms with Gasteiger partial charge in [-0.05, 0) is 38.7 Å². The van der Waals surface area contributed by atoms with Crippen LogP contribution in [0.25, 0.3) is 0 Å². The molecule has 20 heavy (non-hydrogen) atoms. The van der Waals surface area contributed by atoms with Gasteiger partial charge in [0.25, 0.3) is 0 Å². The molecule has 0 heterocycles. The lowest BCUT2D eigenvalue weighted by Crippen LogP contribution is -2.32. The monoisotopic (exact) mass is 298 g/mol. The van der Waals surface area contributed by atoms with Gasteiger partial charge in [-0.2, -0.15) is 0 Å². The van der Waals surface area contributed by atoms with Crippen LogP contribution >= 0.6 is 11.6 Å². The van der Waals surface area contributed by atoms with Crippen molar-refractivity contribution in [3.63, 3.8) is 0 Å². The summed E-state index contributed by atoms with van der Waals surface area (Å²) < 4.78 is 0. The van der Waals surface area contributed by atoms with Gasteiger partial charge in [-0.25, -0.2) is 0 Å². The second-order valence-electron chi connectivity index (χ2n) is 4.94. The Labute approximate surface area is 125 Å². The van der Waals surface area contributed by atoms with E-state index in [1.807, 2.05) is 26.2 Å². The normalized spacial score (nSPS) is 11.9. The Morgan fingerprint density at radius 1 is 1.30 bits per heavy atom. The Morgan fingerprint density at radius 3 is 2.50 bits per heavy atom. The molecule has 1 rings (SSSR count). The number of rotatable bonds is 7. The predicted octanol–water partition coefficient (Wildman–Crippen LogP) is 2.21. The van der Waals surface area contributed by atoms with Crippen molar-refractivity contribution in [3.05, 3.63) is 28.8 Å². The fourth-order valence-electron chi connectivity index (χ4n) is 1.92.